The molecule has 0 saturated carbocycles. The predicted octanol–water partition coefficient (Wildman–Crippen LogP) is 2.93. The lowest BCUT2D eigenvalue weighted by Gasteiger charge is -2.31. The minimum atomic E-state index is -0.166. The highest BCUT2D eigenvalue weighted by Gasteiger charge is 2.21. The summed E-state index contributed by atoms with van der Waals surface area (Å²) in [5.74, 6) is 0.414. The van der Waals surface area contributed by atoms with E-state index >= 15 is 0 Å². The number of H-pyrrole nitrogens is 1. The molecular weight excluding hydrogens is 241 g/mol. The van der Waals surface area contributed by atoms with Crippen LogP contribution >= 0.6 is 0 Å². The van der Waals surface area contributed by atoms with Gasteiger partial charge in [-0.2, -0.15) is 0 Å². The molecular formula is C15H18FN3. The molecule has 100 valence electrons. The first-order chi connectivity index (χ1) is 9.31. The van der Waals surface area contributed by atoms with Crippen molar-refractivity contribution in [3.8, 4) is 0 Å². The normalized spacial score (nSPS) is 17.7. The first-order valence-corrected chi connectivity index (χ1v) is 6.77. The van der Waals surface area contributed by atoms with Crippen molar-refractivity contribution in [2.45, 2.75) is 25.3 Å². The molecule has 1 N–H and O–H groups in total. The van der Waals surface area contributed by atoms with Crippen LogP contribution in [0.25, 0.3) is 0 Å². The number of hydrogen-bond acceptors (Lipinski definition) is 2. The smallest absolute Gasteiger partial charge is 0.123 e. The van der Waals surface area contributed by atoms with Crippen molar-refractivity contribution < 1.29 is 4.39 Å². The van der Waals surface area contributed by atoms with Gasteiger partial charge in [0.2, 0.25) is 0 Å². The monoisotopic (exact) mass is 259 g/mol. The third kappa shape index (κ3) is 3.01. The summed E-state index contributed by atoms with van der Waals surface area (Å²) in [5.41, 5.74) is 2.36. The Morgan fingerprint density at radius 2 is 1.95 bits per heavy atom. The molecule has 0 bridgehead atoms. The van der Waals surface area contributed by atoms with Crippen LogP contribution in [0.3, 0.4) is 0 Å². The topological polar surface area (TPSA) is 31.9 Å². The molecule has 2 aromatic rings. The first kappa shape index (κ1) is 12.4. The molecule has 3 nitrogen and oxygen atoms in total. The van der Waals surface area contributed by atoms with Crippen LogP contribution < -0.4 is 0 Å². The fraction of sp³-hybridized carbons (Fsp3) is 0.400. The average Bonchev–Trinajstić information content (AvgIpc) is 2.96. The van der Waals surface area contributed by atoms with Crippen molar-refractivity contribution in [1.29, 1.82) is 0 Å². The molecule has 0 atom stereocenters. The zero-order chi connectivity index (χ0) is 13.1. The molecule has 0 aliphatic carbocycles. The standard InChI is InChI=1S/C15H18FN3/c16-14-3-1-12(2-4-14)10-19-7-5-13(6-8-19)15-9-17-11-18-15/h1-4,9,11,13H,5-8,10H2,(H,17,18). The zero-order valence-electron chi connectivity index (χ0n) is 10.8. The van der Waals surface area contributed by atoms with Gasteiger partial charge in [-0.05, 0) is 43.6 Å². The van der Waals surface area contributed by atoms with Gasteiger partial charge in [0, 0.05) is 18.7 Å². The Balaban J connectivity index is 1.54. The Kier molecular flexibility index (Phi) is 3.60. The third-order valence-electron chi connectivity index (χ3n) is 3.84. The predicted molar refractivity (Wildman–Crippen MR) is 72.2 cm³/mol. The van der Waals surface area contributed by atoms with E-state index in [0.29, 0.717) is 5.92 Å². The van der Waals surface area contributed by atoms with E-state index in [9.17, 15) is 4.39 Å². The molecule has 4 heteroatoms. The fourth-order valence-corrected chi connectivity index (χ4v) is 2.73. The Hall–Kier alpha value is -1.68. The van der Waals surface area contributed by atoms with E-state index in [1.165, 1.54) is 23.4 Å². The van der Waals surface area contributed by atoms with Gasteiger partial charge in [0.1, 0.15) is 5.82 Å². The summed E-state index contributed by atoms with van der Waals surface area (Å²) in [6.45, 7) is 3.07. The molecule has 1 aliphatic heterocycles. The van der Waals surface area contributed by atoms with Crippen molar-refractivity contribution in [1.82, 2.24) is 14.9 Å². The second-order valence-electron chi connectivity index (χ2n) is 5.17. The molecule has 1 aliphatic rings. The number of likely N-dealkylation sites (tertiary alicyclic amines) is 1. The molecule has 19 heavy (non-hydrogen) atoms. The Morgan fingerprint density at radius 3 is 2.58 bits per heavy atom. The third-order valence-corrected chi connectivity index (χ3v) is 3.84. The summed E-state index contributed by atoms with van der Waals surface area (Å²) in [4.78, 5) is 9.79. The molecule has 1 saturated heterocycles. The zero-order valence-corrected chi connectivity index (χ0v) is 10.8. The SMILES string of the molecule is Fc1ccc(CN2CCC(c3c[nH]cn3)CC2)cc1. The summed E-state index contributed by atoms with van der Waals surface area (Å²) in [5, 5.41) is 0. The van der Waals surface area contributed by atoms with Gasteiger partial charge in [-0.3, -0.25) is 4.90 Å². The van der Waals surface area contributed by atoms with Crippen molar-refractivity contribution >= 4 is 0 Å². The highest BCUT2D eigenvalue weighted by Crippen LogP contribution is 2.26. The van der Waals surface area contributed by atoms with Crippen LogP contribution in [-0.2, 0) is 6.54 Å². The molecule has 1 aromatic carbocycles. The number of aromatic amines is 1. The Morgan fingerprint density at radius 1 is 1.21 bits per heavy atom. The van der Waals surface area contributed by atoms with Gasteiger partial charge in [0.15, 0.2) is 0 Å². The largest absolute Gasteiger partial charge is 0.351 e. The molecule has 0 amide bonds. The maximum Gasteiger partial charge on any atom is 0.123 e. The maximum absolute atomic E-state index is 12.9. The lowest BCUT2D eigenvalue weighted by molar-refractivity contribution is 0.203. The summed E-state index contributed by atoms with van der Waals surface area (Å²) < 4.78 is 12.9. The van der Waals surface area contributed by atoms with Gasteiger partial charge in [-0.15, -0.1) is 0 Å². The molecule has 1 fully saturated rings. The van der Waals surface area contributed by atoms with E-state index in [2.05, 4.69) is 14.9 Å². The van der Waals surface area contributed by atoms with Gasteiger partial charge in [0.05, 0.1) is 12.0 Å². The van der Waals surface area contributed by atoms with Crippen LogP contribution in [0.15, 0.2) is 36.8 Å². The van der Waals surface area contributed by atoms with E-state index in [1.807, 2.05) is 18.3 Å². The number of rotatable bonds is 3. The molecule has 0 radical (unpaired) electrons. The van der Waals surface area contributed by atoms with E-state index in [0.717, 1.165) is 32.5 Å². The lowest BCUT2D eigenvalue weighted by atomic mass is 9.94. The van der Waals surface area contributed by atoms with E-state index in [-0.39, 0.29) is 5.82 Å². The van der Waals surface area contributed by atoms with Crippen LogP contribution in [0, 0.1) is 5.82 Å². The fourth-order valence-electron chi connectivity index (χ4n) is 2.73. The van der Waals surface area contributed by atoms with Crippen LogP contribution in [0.1, 0.15) is 30.0 Å². The number of piperidine rings is 1. The second kappa shape index (κ2) is 5.53. The van der Waals surface area contributed by atoms with Crippen molar-refractivity contribution in [2.75, 3.05) is 13.1 Å². The molecule has 2 heterocycles. The second-order valence-corrected chi connectivity index (χ2v) is 5.17. The first-order valence-electron chi connectivity index (χ1n) is 6.77. The lowest BCUT2D eigenvalue weighted by Crippen LogP contribution is -2.32. The van der Waals surface area contributed by atoms with Gasteiger partial charge in [-0.25, -0.2) is 9.37 Å². The summed E-state index contributed by atoms with van der Waals surface area (Å²) in [7, 11) is 0. The quantitative estimate of drug-likeness (QED) is 0.919. The Labute approximate surface area is 112 Å². The minimum absolute atomic E-state index is 0.166. The van der Waals surface area contributed by atoms with E-state index < -0.39 is 0 Å². The van der Waals surface area contributed by atoms with Gasteiger partial charge < -0.3 is 4.98 Å². The van der Waals surface area contributed by atoms with E-state index in [1.54, 1.807) is 6.33 Å². The van der Waals surface area contributed by atoms with Crippen molar-refractivity contribution in [3.63, 3.8) is 0 Å². The minimum Gasteiger partial charge on any atom is -0.351 e. The van der Waals surface area contributed by atoms with Crippen molar-refractivity contribution in [3.05, 3.63) is 53.9 Å². The number of nitrogens with one attached hydrogen (secondary N) is 1. The number of halogens is 1. The number of hydrogen-bond donors (Lipinski definition) is 1. The van der Waals surface area contributed by atoms with Crippen LogP contribution in [0.2, 0.25) is 0 Å². The van der Waals surface area contributed by atoms with Crippen LogP contribution in [0.5, 0.6) is 0 Å². The van der Waals surface area contributed by atoms with Crippen LogP contribution in [0.4, 0.5) is 4.39 Å². The highest BCUT2D eigenvalue weighted by atomic mass is 19.1. The highest BCUT2D eigenvalue weighted by molar-refractivity contribution is 5.16. The number of aromatic nitrogens is 2. The van der Waals surface area contributed by atoms with E-state index in [4.69, 9.17) is 0 Å². The number of benzene rings is 1. The molecule has 3 rings (SSSR count). The van der Waals surface area contributed by atoms with Gasteiger partial charge in [-0.1, -0.05) is 12.1 Å². The number of imidazole rings is 1. The Bertz CT molecular complexity index is 499. The molecule has 0 spiro atoms. The summed E-state index contributed by atoms with van der Waals surface area (Å²) >= 11 is 0. The maximum atomic E-state index is 12.9. The summed E-state index contributed by atoms with van der Waals surface area (Å²) in [6.07, 6.45) is 6.04. The summed E-state index contributed by atoms with van der Waals surface area (Å²) in [6, 6.07) is 6.81. The average molecular weight is 259 g/mol. The van der Waals surface area contributed by atoms with Crippen LogP contribution in [-0.4, -0.2) is 28.0 Å². The van der Waals surface area contributed by atoms with Gasteiger partial charge in [0.25, 0.3) is 0 Å². The molecule has 1 aromatic heterocycles. The van der Waals surface area contributed by atoms with Crippen molar-refractivity contribution in [2.24, 2.45) is 0 Å². The molecule has 0 unspecified atom stereocenters. The van der Waals surface area contributed by atoms with Gasteiger partial charge >= 0.3 is 0 Å². The number of nitrogens with zero attached hydrogens (tertiary/aromatic N) is 2.